The number of ether oxygens (including phenoxy) is 1. The first kappa shape index (κ1) is 15.1. The van der Waals surface area contributed by atoms with E-state index < -0.39 is 10.0 Å². The Labute approximate surface area is 131 Å². The average Bonchev–Trinajstić information content (AvgIpc) is 2.96. The van der Waals surface area contributed by atoms with Gasteiger partial charge < -0.3 is 9.30 Å². The van der Waals surface area contributed by atoms with Crippen molar-refractivity contribution in [1.82, 2.24) is 8.87 Å². The molecule has 1 aliphatic heterocycles. The van der Waals surface area contributed by atoms with E-state index in [1.54, 1.807) is 12.1 Å². The fourth-order valence-electron chi connectivity index (χ4n) is 2.76. The average molecular weight is 320 g/mol. The van der Waals surface area contributed by atoms with Crippen molar-refractivity contribution in [1.29, 1.82) is 0 Å². The Hall–Kier alpha value is -1.79. The van der Waals surface area contributed by atoms with Crippen LogP contribution in [0.4, 0.5) is 0 Å². The lowest BCUT2D eigenvalue weighted by Crippen LogP contribution is -2.38. The Morgan fingerprint density at radius 3 is 2.59 bits per heavy atom. The lowest BCUT2D eigenvalue weighted by atomic mass is 10.1. The monoisotopic (exact) mass is 320 g/mol. The van der Waals surface area contributed by atoms with E-state index in [9.17, 15) is 8.42 Å². The number of hydrogen-bond acceptors (Lipinski definition) is 3. The number of fused-ring (bicyclic) bond motifs is 1. The summed E-state index contributed by atoms with van der Waals surface area (Å²) in [5, 5.41) is 0. The quantitative estimate of drug-likeness (QED) is 0.872. The molecule has 118 valence electrons. The van der Waals surface area contributed by atoms with E-state index in [2.05, 4.69) is 4.57 Å². The molecule has 22 heavy (non-hydrogen) atoms. The van der Waals surface area contributed by atoms with Gasteiger partial charge in [0.1, 0.15) is 10.6 Å². The standard InChI is InChI=1S/C16H20N2O3S/c1-12-9-15(21-3)16(10-13(12)2)22(19,20)18-8-7-17-6-4-5-14(17)11-18/h4-6,9-10H,7-8,11H2,1-3H3. The molecule has 0 amide bonds. The molecule has 6 heteroatoms. The van der Waals surface area contributed by atoms with Gasteiger partial charge in [0, 0.05) is 25.0 Å². The SMILES string of the molecule is COc1cc(C)c(C)cc1S(=O)(=O)N1CCn2cccc2C1. The Bertz CT molecular complexity index is 809. The van der Waals surface area contributed by atoms with Gasteiger partial charge >= 0.3 is 0 Å². The molecular formula is C16H20N2O3S. The molecule has 1 aliphatic rings. The van der Waals surface area contributed by atoms with Crippen molar-refractivity contribution in [3.8, 4) is 5.75 Å². The summed E-state index contributed by atoms with van der Waals surface area (Å²) in [4.78, 5) is 0.248. The second-order valence-corrected chi connectivity index (χ2v) is 7.53. The summed E-state index contributed by atoms with van der Waals surface area (Å²) in [5.41, 5.74) is 2.97. The molecule has 0 unspecified atom stereocenters. The minimum atomic E-state index is -3.57. The molecule has 5 nitrogen and oxygen atoms in total. The van der Waals surface area contributed by atoms with Gasteiger partial charge in [-0.3, -0.25) is 0 Å². The Balaban J connectivity index is 2.02. The van der Waals surface area contributed by atoms with E-state index in [1.807, 2.05) is 32.2 Å². The summed E-state index contributed by atoms with van der Waals surface area (Å²) in [6.07, 6.45) is 1.98. The highest BCUT2D eigenvalue weighted by molar-refractivity contribution is 7.89. The van der Waals surface area contributed by atoms with Crippen LogP contribution >= 0.6 is 0 Å². The fraction of sp³-hybridized carbons (Fsp3) is 0.375. The number of benzene rings is 1. The van der Waals surface area contributed by atoms with Gasteiger partial charge in [0.15, 0.2) is 0 Å². The zero-order valence-corrected chi connectivity index (χ0v) is 13.9. The van der Waals surface area contributed by atoms with E-state index in [4.69, 9.17) is 4.74 Å². The molecular weight excluding hydrogens is 300 g/mol. The van der Waals surface area contributed by atoms with E-state index in [-0.39, 0.29) is 4.90 Å². The van der Waals surface area contributed by atoms with Gasteiger partial charge in [-0.15, -0.1) is 0 Å². The molecule has 2 aromatic rings. The van der Waals surface area contributed by atoms with E-state index in [0.29, 0.717) is 25.4 Å². The van der Waals surface area contributed by atoms with Gasteiger partial charge in [-0.25, -0.2) is 8.42 Å². The van der Waals surface area contributed by atoms with Crippen LogP contribution in [0.2, 0.25) is 0 Å². The molecule has 0 bridgehead atoms. The second-order valence-electron chi connectivity index (χ2n) is 5.62. The van der Waals surface area contributed by atoms with Gasteiger partial charge in [0.05, 0.1) is 13.7 Å². The molecule has 1 aromatic carbocycles. The lowest BCUT2D eigenvalue weighted by Gasteiger charge is -2.28. The van der Waals surface area contributed by atoms with E-state index in [0.717, 1.165) is 16.8 Å². The van der Waals surface area contributed by atoms with Gasteiger partial charge in [-0.1, -0.05) is 0 Å². The predicted molar refractivity (Wildman–Crippen MR) is 84.5 cm³/mol. The number of hydrogen-bond donors (Lipinski definition) is 0. The third kappa shape index (κ3) is 2.42. The normalized spacial score (nSPS) is 15.6. The lowest BCUT2D eigenvalue weighted by molar-refractivity contribution is 0.338. The van der Waals surface area contributed by atoms with Gasteiger partial charge in [-0.05, 0) is 49.2 Å². The third-order valence-electron chi connectivity index (χ3n) is 4.25. The van der Waals surface area contributed by atoms with Crippen LogP contribution in [0.25, 0.3) is 0 Å². The molecule has 2 heterocycles. The van der Waals surface area contributed by atoms with Crippen molar-refractivity contribution in [3.63, 3.8) is 0 Å². The Morgan fingerprint density at radius 1 is 1.14 bits per heavy atom. The minimum absolute atomic E-state index is 0.248. The summed E-state index contributed by atoms with van der Waals surface area (Å²) >= 11 is 0. The molecule has 0 saturated heterocycles. The highest BCUT2D eigenvalue weighted by atomic mass is 32.2. The molecule has 0 atom stereocenters. The number of methoxy groups -OCH3 is 1. The molecule has 0 saturated carbocycles. The Morgan fingerprint density at radius 2 is 1.86 bits per heavy atom. The molecule has 3 rings (SSSR count). The van der Waals surface area contributed by atoms with Crippen molar-refractivity contribution in [2.75, 3.05) is 13.7 Å². The van der Waals surface area contributed by atoms with Crippen LogP contribution in [0, 0.1) is 13.8 Å². The van der Waals surface area contributed by atoms with Crippen molar-refractivity contribution in [2.24, 2.45) is 0 Å². The summed E-state index contributed by atoms with van der Waals surface area (Å²) in [5.74, 6) is 0.407. The zero-order chi connectivity index (χ0) is 15.9. The van der Waals surface area contributed by atoms with Crippen LogP contribution in [-0.4, -0.2) is 30.9 Å². The maximum Gasteiger partial charge on any atom is 0.247 e. The van der Waals surface area contributed by atoms with Crippen molar-refractivity contribution in [3.05, 3.63) is 47.3 Å². The highest BCUT2D eigenvalue weighted by Gasteiger charge is 2.31. The minimum Gasteiger partial charge on any atom is -0.495 e. The summed E-state index contributed by atoms with van der Waals surface area (Å²) in [7, 11) is -2.07. The van der Waals surface area contributed by atoms with E-state index >= 15 is 0 Å². The van der Waals surface area contributed by atoms with Crippen molar-refractivity contribution < 1.29 is 13.2 Å². The summed E-state index contributed by atoms with van der Waals surface area (Å²) < 4.78 is 34.9. The highest BCUT2D eigenvalue weighted by Crippen LogP contribution is 2.31. The molecule has 0 radical (unpaired) electrons. The number of sulfonamides is 1. The first-order valence-electron chi connectivity index (χ1n) is 7.23. The van der Waals surface area contributed by atoms with Crippen LogP contribution in [0.3, 0.4) is 0 Å². The van der Waals surface area contributed by atoms with Crippen molar-refractivity contribution in [2.45, 2.75) is 31.8 Å². The predicted octanol–water partition coefficient (Wildman–Crippen LogP) is 2.32. The smallest absolute Gasteiger partial charge is 0.247 e. The molecule has 0 spiro atoms. The second kappa shape index (κ2) is 5.44. The molecule has 0 aliphatic carbocycles. The third-order valence-corrected chi connectivity index (χ3v) is 6.12. The number of aryl methyl sites for hydroxylation is 2. The maximum absolute atomic E-state index is 13.0. The summed E-state index contributed by atoms with van der Waals surface area (Å²) in [6, 6.07) is 7.40. The molecule has 1 aromatic heterocycles. The topological polar surface area (TPSA) is 51.5 Å². The fourth-order valence-corrected chi connectivity index (χ4v) is 4.38. The Kier molecular flexibility index (Phi) is 3.74. The maximum atomic E-state index is 13.0. The first-order chi connectivity index (χ1) is 10.4. The van der Waals surface area contributed by atoms with Crippen LogP contribution < -0.4 is 4.74 Å². The van der Waals surface area contributed by atoms with Crippen molar-refractivity contribution >= 4 is 10.0 Å². The van der Waals surface area contributed by atoms with Gasteiger partial charge in [-0.2, -0.15) is 4.31 Å². The van der Waals surface area contributed by atoms with Crippen LogP contribution in [0.5, 0.6) is 5.75 Å². The largest absolute Gasteiger partial charge is 0.495 e. The van der Waals surface area contributed by atoms with Gasteiger partial charge in [0.2, 0.25) is 10.0 Å². The van der Waals surface area contributed by atoms with Gasteiger partial charge in [0.25, 0.3) is 0 Å². The number of rotatable bonds is 3. The molecule has 0 N–H and O–H groups in total. The zero-order valence-electron chi connectivity index (χ0n) is 13.0. The van der Waals surface area contributed by atoms with Crippen LogP contribution in [0.15, 0.2) is 35.4 Å². The number of nitrogens with zero attached hydrogens (tertiary/aromatic N) is 2. The van der Waals surface area contributed by atoms with E-state index in [1.165, 1.54) is 11.4 Å². The first-order valence-corrected chi connectivity index (χ1v) is 8.67. The van der Waals surface area contributed by atoms with Crippen LogP contribution in [-0.2, 0) is 23.1 Å². The summed E-state index contributed by atoms with van der Waals surface area (Å²) in [6.45, 7) is 5.40. The van der Waals surface area contributed by atoms with Crippen LogP contribution in [0.1, 0.15) is 16.8 Å². The molecule has 0 fully saturated rings. The number of aromatic nitrogens is 1.